The van der Waals surface area contributed by atoms with Crippen molar-refractivity contribution in [3.05, 3.63) is 53.6 Å². The molecule has 232 valence electrons. The monoisotopic (exact) mass is 580 g/mol. The van der Waals surface area contributed by atoms with Crippen molar-refractivity contribution in [1.82, 2.24) is 5.43 Å². The van der Waals surface area contributed by atoms with Gasteiger partial charge in [-0.1, -0.05) is 96.8 Å². The smallest absolute Gasteiger partial charge is 0.343 e. The van der Waals surface area contributed by atoms with Crippen LogP contribution in [0.4, 0.5) is 0 Å². The maximum atomic E-state index is 12.6. The van der Waals surface area contributed by atoms with Gasteiger partial charge in [0, 0.05) is 6.42 Å². The third-order valence-corrected chi connectivity index (χ3v) is 7.21. The van der Waals surface area contributed by atoms with Gasteiger partial charge in [0.2, 0.25) is 5.91 Å². The number of methoxy groups -OCH3 is 1. The fourth-order valence-corrected chi connectivity index (χ4v) is 4.74. The predicted octanol–water partition coefficient (Wildman–Crippen LogP) is 9.02. The van der Waals surface area contributed by atoms with Gasteiger partial charge in [-0.3, -0.25) is 4.79 Å². The molecular formula is C35H52N2O5. The summed E-state index contributed by atoms with van der Waals surface area (Å²) in [5, 5.41) is 4.09. The molecular weight excluding hydrogens is 528 g/mol. The molecule has 0 heterocycles. The van der Waals surface area contributed by atoms with Crippen molar-refractivity contribution >= 4 is 18.1 Å². The summed E-state index contributed by atoms with van der Waals surface area (Å²) in [5.41, 5.74) is 3.72. The second-order valence-corrected chi connectivity index (χ2v) is 10.8. The van der Waals surface area contributed by atoms with E-state index in [9.17, 15) is 9.59 Å². The molecule has 42 heavy (non-hydrogen) atoms. The number of nitrogens with zero attached hydrogens (tertiary/aromatic N) is 1. The van der Waals surface area contributed by atoms with Crippen molar-refractivity contribution < 1.29 is 23.8 Å². The first-order valence-corrected chi connectivity index (χ1v) is 16.0. The molecule has 7 nitrogen and oxygen atoms in total. The molecule has 0 atom stereocenters. The van der Waals surface area contributed by atoms with E-state index in [1.165, 1.54) is 83.5 Å². The van der Waals surface area contributed by atoms with Gasteiger partial charge in [0.05, 0.1) is 25.5 Å². The molecule has 0 saturated heterocycles. The average molecular weight is 581 g/mol. The highest BCUT2D eigenvalue weighted by molar-refractivity contribution is 5.91. The first kappa shape index (κ1) is 34.8. The number of hydrazone groups is 1. The third-order valence-electron chi connectivity index (χ3n) is 7.21. The topological polar surface area (TPSA) is 86.2 Å². The summed E-state index contributed by atoms with van der Waals surface area (Å²) in [5.74, 6) is 0.814. The number of carbonyl (C=O) groups excluding carboxylic acids is 2. The molecule has 0 unspecified atom stereocenters. The second kappa shape index (κ2) is 22.3. The van der Waals surface area contributed by atoms with Gasteiger partial charge in [-0.2, -0.15) is 5.10 Å². The number of carbonyl (C=O) groups is 2. The summed E-state index contributed by atoms with van der Waals surface area (Å²) < 4.78 is 16.4. The molecule has 2 aromatic carbocycles. The van der Waals surface area contributed by atoms with Gasteiger partial charge in [0.1, 0.15) is 5.75 Å². The van der Waals surface area contributed by atoms with E-state index >= 15 is 0 Å². The van der Waals surface area contributed by atoms with Crippen molar-refractivity contribution in [3.8, 4) is 17.2 Å². The van der Waals surface area contributed by atoms with E-state index in [0.717, 1.165) is 18.4 Å². The second-order valence-electron chi connectivity index (χ2n) is 10.8. The Morgan fingerprint density at radius 1 is 0.738 bits per heavy atom. The van der Waals surface area contributed by atoms with Crippen molar-refractivity contribution in [3.63, 3.8) is 0 Å². The van der Waals surface area contributed by atoms with Gasteiger partial charge in [0.25, 0.3) is 0 Å². The highest BCUT2D eigenvalue weighted by Gasteiger charge is 2.13. The van der Waals surface area contributed by atoms with Crippen LogP contribution in [0.15, 0.2) is 47.6 Å². The van der Waals surface area contributed by atoms with Crippen molar-refractivity contribution in [2.45, 2.75) is 117 Å². The van der Waals surface area contributed by atoms with Gasteiger partial charge in [-0.25, -0.2) is 10.2 Å². The lowest BCUT2D eigenvalue weighted by Gasteiger charge is -2.11. The lowest BCUT2D eigenvalue weighted by molar-refractivity contribution is -0.121. The first-order valence-electron chi connectivity index (χ1n) is 16.0. The molecule has 1 amide bonds. The van der Waals surface area contributed by atoms with E-state index in [0.29, 0.717) is 35.8 Å². The molecule has 1 N–H and O–H groups in total. The standard InChI is InChI=1S/C35H52N2O5/c1-4-6-7-8-9-10-11-12-13-14-15-16-17-18-19-20-34(38)37-36-28-29-21-26-32(33(27-29)41-5-2)42-35(39)30-22-24-31(40-3)25-23-30/h21-28H,4-20H2,1-3H3,(H,37,38). The summed E-state index contributed by atoms with van der Waals surface area (Å²) in [6.07, 6.45) is 21.5. The number of hydrogen-bond acceptors (Lipinski definition) is 6. The van der Waals surface area contributed by atoms with Crippen molar-refractivity contribution in [2.24, 2.45) is 5.10 Å². The summed E-state index contributed by atoms with van der Waals surface area (Å²) >= 11 is 0. The summed E-state index contributed by atoms with van der Waals surface area (Å²) in [4.78, 5) is 24.7. The Morgan fingerprint density at radius 2 is 1.31 bits per heavy atom. The van der Waals surface area contributed by atoms with E-state index in [2.05, 4.69) is 17.5 Å². The molecule has 0 aliphatic heterocycles. The quantitative estimate of drug-likeness (QED) is 0.0466. The number of esters is 1. The number of amides is 1. The van der Waals surface area contributed by atoms with Crippen LogP contribution in [0.5, 0.6) is 17.2 Å². The number of ether oxygens (including phenoxy) is 3. The molecule has 0 aliphatic carbocycles. The Labute approximate surface area is 253 Å². The molecule has 0 radical (unpaired) electrons. The summed E-state index contributed by atoms with van der Waals surface area (Å²) in [6, 6.07) is 11.8. The lowest BCUT2D eigenvalue weighted by atomic mass is 10.0. The number of benzene rings is 2. The average Bonchev–Trinajstić information content (AvgIpc) is 3.00. The van der Waals surface area contributed by atoms with Crippen LogP contribution in [-0.2, 0) is 4.79 Å². The minimum absolute atomic E-state index is 0.0870. The Hall–Kier alpha value is -3.35. The maximum absolute atomic E-state index is 12.6. The van der Waals surface area contributed by atoms with Crippen LogP contribution in [0.3, 0.4) is 0 Å². The molecule has 0 saturated carbocycles. The molecule has 2 rings (SSSR count). The Balaban J connectivity index is 1.60. The van der Waals surface area contributed by atoms with Crippen molar-refractivity contribution in [2.75, 3.05) is 13.7 Å². The lowest BCUT2D eigenvalue weighted by Crippen LogP contribution is -2.16. The number of unbranched alkanes of at least 4 members (excludes halogenated alkanes) is 14. The minimum Gasteiger partial charge on any atom is -0.497 e. The van der Waals surface area contributed by atoms with E-state index in [-0.39, 0.29) is 5.91 Å². The van der Waals surface area contributed by atoms with E-state index in [1.54, 1.807) is 55.8 Å². The van der Waals surface area contributed by atoms with Gasteiger partial charge >= 0.3 is 5.97 Å². The zero-order chi connectivity index (χ0) is 30.3. The van der Waals surface area contributed by atoms with E-state index in [1.807, 2.05) is 6.92 Å². The largest absolute Gasteiger partial charge is 0.497 e. The first-order chi connectivity index (χ1) is 20.6. The zero-order valence-electron chi connectivity index (χ0n) is 26.1. The normalized spacial score (nSPS) is 11.0. The molecule has 0 aliphatic rings. The van der Waals surface area contributed by atoms with E-state index in [4.69, 9.17) is 14.2 Å². The van der Waals surface area contributed by atoms with Crippen LogP contribution >= 0.6 is 0 Å². The third kappa shape index (κ3) is 15.0. The molecule has 0 fully saturated rings. The van der Waals surface area contributed by atoms with Gasteiger partial charge in [0.15, 0.2) is 11.5 Å². The number of rotatable bonds is 23. The molecule has 0 spiro atoms. The molecule has 0 bridgehead atoms. The minimum atomic E-state index is -0.494. The van der Waals surface area contributed by atoms with Crippen LogP contribution in [0, 0.1) is 0 Å². The van der Waals surface area contributed by atoms with Crippen LogP contribution in [0.25, 0.3) is 0 Å². The molecule has 2 aromatic rings. The predicted molar refractivity (Wildman–Crippen MR) is 171 cm³/mol. The summed E-state index contributed by atoms with van der Waals surface area (Å²) in [7, 11) is 1.57. The van der Waals surface area contributed by atoms with Gasteiger partial charge in [-0.05, 0) is 61.4 Å². The summed E-state index contributed by atoms with van der Waals surface area (Å²) in [6.45, 7) is 4.53. The van der Waals surface area contributed by atoms with E-state index < -0.39 is 5.97 Å². The number of nitrogens with one attached hydrogen (secondary N) is 1. The van der Waals surface area contributed by atoms with Crippen LogP contribution in [0.2, 0.25) is 0 Å². The fraction of sp³-hybridized carbons (Fsp3) is 0.571. The Kier molecular flexibility index (Phi) is 18.5. The molecule has 0 aromatic heterocycles. The Bertz CT molecular complexity index is 1050. The Morgan fingerprint density at radius 3 is 1.86 bits per heavy atom. The van der Waals surface area contributed by atoms with Gasteiger partial charge in [-0.15, -0.1) is 0 Å². The van der Waals surface area contributed by atoms with Crippen LogP contribution in [0.1, 0.15) is 133 Å². The SMILES string of the molecule is CCCCCCCCCCCCCCCCCC(=O)NN=Cc1ccc(OC(=O)c2ccc(OC)cc2)c(OCC)c1. The van der Waals surface area contributed by atoms with Crippen LogP contribution in [-0.4, -0.2) is 31.8 Å². The maximum Gasteiger partial charge on any atom is 0.343 e. The van der Waals surface area contributed by atoms with Crippen molar-refractivity contribution in [1.29, 1.82) is 0 Å². The fourth-order valence-electron chi connectivity index (χ4n) is 4.74. The highest BCUT2D eigenvalue weighted by atomic mass is 16.6. The highest BCUT2D eigenvalue weighted by Crippen LogP contribution is 2.29. The molecule has 7 heteroatoms. The zero-order valence-corrected chi connectivity index (χ0v) is 26.1. The van der Waals surface area contributed by atoms with Crippen LogP contribution < -0.4 is 19.6 Å². The van der Waals surface area contributed by atoms with Gasteiger partial charge < -0.3 is 14.2 Å². The number of hydrogen-bond donors (Lipinski definition) is 1.